The van der Waals surface area contributed by atoms with Crippen molar-refractivity contribution < 1.29 is 27.9 Å². The Morgan fingerprint density at radius 1 is 1.38 bits per heavy atom. The first-order chi connectivity index (χ1) is 12.5. The van der Waals surface area contributed by atoms with E-state index < -0.39 is 17.8 Å². The number of amides is 1. The summed E-state index contributed by atoms with van der Waals surface area (Å²) in [6, 6.07) is 6.76. The molecule has 1 aliphatic rings. The summed E-state index contributed by atoms with van der Waals surface area (Å²) >= 11 is 1.43. The minimum absolute atomic E-state index is 0.141. The summed E-state index contributed by atoms with van der Waals surface area (Å²) in [5.74, 6) is 0.180. The third-order valence-corrected chi connectivity index (χ3v) is 5.32. The maximum absolute atomic E-state index is 13.4. The normalized spacial score (nSPS) is 19.4. The van der Waals surface area contributed by atoms with Crippen LogP contribution in [0.3, 0.4) is 0 Å². The predicted molar refractivity (Wildman–Crippen MR) is 93.0 cm³/mol. The molecule has 0 radical (unpaired) electrons. The number of carbonyl (C=O) groups excluding carboxylic acids is 2. The molecule has 3 rings (SSSR count). The van der Waals surface area contributed by atoms with Crippen LogP contribution in [0.25, 0.3) is 0 Å². The van der Waals surface area contributed by atoms with Crippen LogP contribution >= 0.6 is 11.8 Å². The molecule has 6 nitrogen and oxygen atoms in total. The molecule has 2 atom stereocenters. The second-order valence-electron chi connectivity index (χ2n) is 5.71. The number of rotatable bonds is 5. The van der Waals surface area contributed by atoms with Gasteiger partial charge in [0.15, 0.2) is 0 Å². The molecular formula is C18H18FNO5S. The summed E-state index contributed by atoms with van der Waals surface area (Å²) in [5, 5.41) is -0.372. The molecule has 2 heterocycles. The van der Waals surface area contributed by atoms with E-state index in [9.17, 15) is 14.0 Å². The largest absolute Gasteiger partial charge is 0.496 e. The molecule has 0 saturated carbocycles. The van der Waals surface area contributed by atoms with Crippen LogP contribution in [0.4, 0.5) is 4.39 Å². The van der Waals surface area contributed by atoms with Gasteiger partial charge in [-0.05, 0) is 30.3 Å². The van der Waals surface area contributed by atoms with Crippen LogP contribution in [-0.2, 0) is 20.9 Å². The minimum Gasteiger partial charge on any atom is -0.496 e. The van der Waals surface area contributed by atoms with E-state index in [4.69, 9.17) is 13.9 Å². The summed E-state index contributed by atoms with van der Waals surface area (Å²) in [6.07, 6.45) is 1.52. The lowest BCUT2D eigenvalue weighted by atomic mass is 10.2. The van der Waals surface area contributed by atoms with Crippen molar-refractivity contribution in [3.05, 3.63) is 53.7 Å². The number of thioether (sulfide) groups is 1. The van der Waals surface area contributed by atoms with Crippen molar-refractivity contribution in [1.82, 2.24) is 4.90 Å². The van der Waals surface area contributed by atoms with Crippen LogP contribution in [0.2, 0.25) is 0 Å². The smallest absolute Gasteiger partial charge is 0.330 e. The molecule has 1 fully saturated rings. The molecule has 1 amide bonds. The van der Waals surface area contributed by atoms with E-state index >= 15 is 0 Å². The van der Waals surface area contributed by atoms with Crippen LogP contribution < -0.4 is 4.74 Å². The van der Waals surface area contributed by atoms with E-state index in [0.29, 0.717) is 22.8 Å². The van der Waals surface area contributed by atoms with Crippen LogP contribution in [0, 0.1) is 5.82 Å². The molecule has 1 aromatic heterocycles. The van der Waals surface area contributed by atoms with Gasteiger partial charge < -0.3 is 18.8 Å². The lowest BCUT2D eigenvalue weighted by molar-refractivity contribution is -0.154. The number of hydrogen-bond donors (Lipinski definition) is 0. The molecule has 0 bridgehead atoms. The monoisotopic (exact) mass is 379 g/mol. The zero-order valence-corrected chi connectivity index (χ0v) is 15.1. The molecule has 0 aliphatic carbocycles. The number of ether oxygens (including phenoxy) is 2. The fourth-order valence-corrected chi connectivity index (χ4v) is 4.24. The molecule has 1 aliphatic heterocycles. The Morgan fingerprint density at radius 2 is 2.19 bits per heavy atom. The molecule has 1 saturated heterocycles. The summed E-state index contributed by atoms with van der Waals surface area (Å²) in [5.41, 5.74) is 0.420. The summed E-state index contributed by atoms with van der Waals surface area (Å²) in [4.78, 5) is 26.1. The topological polar surface area (TPSA) is 69.0 Å². The standard InChI is InChI=1S/C18H18FNO5S/c1-11(21)20-14(10-26-17(20)16-4-3-7-24-16)18(22)25-9-12-8-13(19)5-6-15(12)23-2/h3-8,14,17H,9-10H2,1-2H3/t14-,17-/m1/s1. The lowest BCUT2D eigenvalue weighted by Crippen LogP contribution is -2.42. The van der Waals surface area contributed by atoms with Gasteiger partial charge in [0.1, 0.15) is 35.3 Å². The minimum atomic E-state index is -0.729. The number of halogens is 1. The van der Waals surface area contributed by atoms with E-state index in [1.54, 1.807) is 12.1 Å². The number of benzene rings is 1. The maximum atomic E-state index is 13.4. The molecule has 138 valence electrons. The second-order valence-corrected chi connectivity index (χ2v) is 6.82. The Morgan fingerprint density at radius 3 is 2.85 bits per heavy atom. The Balaban J connectivity index is 1.71. The first kappa shape index (κ1) is 18.3. The van der Waals surface area contributed by atoms with Gasteiger partial charge in [0.05, 0.1) is 13.4 Å². The van der Waals surface area contributed by atoms with E-state index in [1.807, 2.05) is 0 Å². The third kappa shape index (κ3) is 3.70. The fraction of sp³-hybridized carbons (Fsp3) is 0.333. The number of hydrogen-bond acceptors (Lipinski definition) is 6. The van der Waals surface area contributed by atoms with Gasteiger partial charge in [-0.1, -0.05) is 0 Å². The molecule has 0 spiro atoms. The highest BCUT2D eigenvalue weighted by molar-refractivity contribution is 7.99. The van der Waals surface area contributed by atoms with Gasteiger partial charge >= 0.3 is 5.97 Å². The average Bonchev–Trinajstić information content (AvgIpc) is 3.28. The van der Waals surface area contributed by atoms with Crippen molar-refractivity contribution in [2.24, 2.45) is 0 Å². The highest BCUT2D eigenvalue weighted by Crippen LogP contribution is 2.41. The van der Waals surface area contributed by atoms with Gasteiger partial charge in [0, 0.05) is 18.2 Å². The van der Waals surface area contributed by atoms with Gasteiger partial charge in [-0.2, -0.15) is 0 Å². The highest BCUT2D eigenvalue weighted by atomic mass is 32.2. The number of nitrogens with zero attached hydrogens (tertiary/aromatic N) is 1. The molecule has 0 N–H and O–H groups in total. The van der Waals surface area contributed by atoms with Gasteiger partial charge in [-0.3, -0.25) is 4.79 Å². The van der Waals surface area contributed by atoms with Crippen molar-refractivity contribution in [3.8, 4) is 5.75 Å². The van der Waals surface area contributed by atoms with E-state index in [2.05, 4.69) is 0 Å². The van der Waals surface area contributed by atoms with Crippen LogP contribution in [0.15, 0.2) is 41.0 Å². The zero-order chi connectivity index (χ0) is 18.7. The van der Waals surface area contributed by atoms with Crippen molar-refractivity contribution in [1.29, 1.82) is 0 Å². The number of methoxy groups -OCH3 is 1. The third-order valence-electron chi connectivity index (χ3n) is 4.04. The fourth-order valence-electron chi connectivity index (χ4n) is 2.83. The van der Waals surface area contributed by atoms with Crippen LogP contribution in [0.5, 0.6) is 5.75 Å². The first-order valence-electron chi connectivity index (χ1n) is 7.94. The lowest BCUT2D eigenvalue weighted by Gasteiger charge is -2.25. The summed E-state index contributed by atoms with van der Waals surface area (Å²) < 4.78 is 29.3. The summed E-state index contributed by atoms with van der Waals surface area (Å²) in [7, 11) is 1.46. The molecular weight excluding hydrogens is 361 g/mol. The molecule has 8 heteroatoms. The second kappa shape index (κ2) is 7.82. The van der Waals surface area contributed by atoms with Crippen LogP contribution in [0.1, 0.15) is 23.6 Å². The SMILES string of the molecule is COc1ccc(F)cc1COC(=O)[C@H]1CS[C@H](c2ccco2)N1C(C)=O. The zero-order valence-electron chi connectivity index (χ0n) is 14.3. The predicted octanol–water partition coefficient (Wildman–Crippen LogP) is 3.13. The van der Waals surface area contributed by atoms with Gasteiger partial charge in [-0.15, -0.1) is 11.8 Å². The average molecular weight is 379 g/mol. The van der Waals surface area contributed by atoms with E-state index in [-0.39, 0.29) is 17.9 Å². The van der Waals surface area contributed by atoms with E-state index in [1.165, 1.54) is 55.2 Å². The van der Waals surface area contributed by atoms with Crippen molar-refractivity contribution in [2.45, 2.75) is 24.9 Å². The van der Waals surface area contributed by atoms with Crippen molar-refractivity contribution >= 4 is 23.6 Å². The van der Waals surface area contributed by atoms with E-state index in [0.717, 1.165) is 0 Å². The molecule has 1 aromatic carbocycles. The Hall–Kier alpha value is -2.48. The molecule has 2 aromatic rings. The molecule has 0 unspecified atom stereocenters. The quantitative estimate of drug-likeness (QED) is 0.744. The Bertz CT molecular complexity index is 795. The number of furan rings is 1. The molecule has 26 heavy (non-hydrogen) atoms. The highest BCUT2D eigenvalue weighted by Gasteiger charge is 2.43. The Kier molecular flexibility index (Phi) is 5.51. The van der Waals surface area contributed by atoms with Gasteiger partial charge in [-0.25, -0.2) is 9.18 Å². The first-order valence-corrected chi connectivity index (χ1v) is 8.99. The van der Waals surface area contributed by atoms with Crippen molar-refractivity contribution in [2.75, 3.05) is 12.9 Å². The summed E-state index contributed by atoms with van der Waals surface area (Å²) in [6.45, 7) is 1.26. The van der Waals surface area contributed by atoms with Crippen molar-refractivity contribution in [3.63, 3.8) is 0 Å². The number of esters is 1. The number of carbonyl (C=O) groups is 2. The Labute approximate surface area is 154 Å². The van der Waals surface area contributed by atoms with Gasteiger partial charge in [0.2, 0.25) is 5.91 Å². The van der Waals surface area contributed by atoms with Crippen LogP contribution in [-0.4, -0.2) is 35.7 Å². The maximum Gasteiger partial charge on any atom is 0.330 e. The van der Waals surface area contributed by atoms with Gasteiger partial charge in [0.25, 0.3) is 0 Å².